The van der Waals surface area contributed by atoms with Crippen molar-refractivity contribution in [1.29, 1.82) is 0 Å². The first-order valence-electron chi connectivity index (χ1n) is 7.28. The second-order valence-corrected chi connectivity index (χ2v) is 7.47. The Balaban J connectivity index is 2.60. The summed E-state index contributed by atoms with van der Waals surface area (Å²) in [5.41, 5.74) is 5.51. The largest absolute Gasteiger partial charge is 0.378 e. The molecule has 0 radical (unpaired) electrons. The Bertz CT molecular complexity index is 338. The molecule has 0 spiro atoms. The Hall–Kier alpha value is -0.170. The van der Waals surface area contributed by atoms with Gasteiger partial charge in [0, 0.05) is 12.6 Å². The number of hydrogen-bond acceptors (Lipinski definition) is 4. The number of sulfonamides is 1. The van der Waals surface area contributed by atoms with E-state index in [2.05, 4.69) is 0 Å². The summed E-state index contributed by atoms with van der Waals surface area (Å²) in [5.74, 6) is 0.0756. The van der Waals surface area contributed by atoms with Crippen molar-refractivity contribution < 1.29 is 13.2 Å². The van der Waals surface area contributed by atoms with Crippen molar-refractivity contribution in [3.63, 3.8) is 0 Å². The predicted octanol–water partition coefficient (Wildman–Crippen LogP) is 1.33. The molecule has 0 aromatic heterocycles. The van der Waals surface area contributed by atoms with Crippen LogP contribution in [0.3, 0.4) is 0 Å². The molecule has 0 unspecified atom stereocenters. The van der Waals surface area contributed by atoms with Crippen LogP contribution in [0.25, 0.3) is 0 Å². The van der Waals surface area contributed by atoms with Crippen molar-refractivity contribution in [3.8, 4) is 0 Å². The first-order valence-corrected chi connectivity index (χ1v) is 8.89. The van der Waals surface area contributed by atoms with Crippen molar-refractivity contribution in [2.75, 3.05) is 25.4 Å². The highest BCUT2D eigenvalue weighted by molar-refractivity contribution is 7.89. The van der Waals surface area contributed by atoms with E-state index in [0.29, 0.717) is 13.1 Å². The van der Waals surface area contributed by atoms with E-state index >= 15 is 0 Å². The van der Waals surface area contributed by atoms with E-state index in [-0.39, 0.29) is 24.5 Å². The molecule has 19 heavy (non-hydrogen) atoms. The van der Waals surface area contributed by atoms with Gasteiger partial charge in [0.15, 0.2) is 0 Å². The van der Waals surface area contributed by atoms with E-state index in [1.165, 1.54) is 0 Å². The predicted molar refractivity (Wildman–Crippen MR) is 77.5 cm³/mol. The van der Waals surface area contributed by atoms with Gasteiger partial charge in [-0.25, -0.2) is 8.42 Å². The fraction of sp³-hybridized carbons (Fsp3) is 1.00. The van der Waals surface area contributed by atoms with E-state index < -0.39 is 10.0 Å². The molecule has 0 aliphatic heterocycles. The molecular formula is C13H28N2O3S. The average Bonchev–Trinajstić information content (AvgIpc) is 2.82. The zero-order valence-electron chi connectivity index (χ0n) is 12.2. The molecule has 5 nitrogen and oxygen atoms in total. The average molecular weight is 292 g/mol. The normalized spacial score (nSPS) is 17.7. The van der Waals surface area contributed by atoms with E-state index in [1.807, 2.05) is 13.8 Å². The standard InChI is InChI=1S/C13H28N2O3S/c1-12(2)18-10-11-19(16,17)15(9-5-8-14)13-6-3-4-7-13/h12-13H,3-11,14H2,1-2H3. The molecule has 0 amide bonds. The van der Waals surface area contributed by atoms with Crippen LogP contribution in [0.4, 0.5) is 0 Å². The molecule has 1 rings (SSSR count). The fourth-order valence-corrected chi connectivity index (χ4v) is 4.11. The first kappa shape index (κ1) is 16.9. The summed E-state index contributed by atoms with van der Waals surface area (Å²) in [4.78, 5) is 0. The topological polar surface area (TPSA) is 72.6 Å². The van der Waals surface area contributed by atoms with Gasteiger partial charge in [0.1, 0.15) is 0 Å². The lowest BCUT2D eigenvalue weighted by Gasteiger charge is -2.28. The van der Waals surface area contributed by atoms with Gasteiger partial charge < -0.3 is 10.5 Å². The minimum Gasteiger partial charge on any atom is -0.378 e. The van der Waals surface area contributed by atoms with Crippen LogP contribution in [0.2, 0.25) is 0 Å². The van der Waals surface area contributed by atoms with Crippen LogP contribution in [0.15, 0.2) is 0 Å². The molecule has 6 heteroatoms. The van der Waals surface area contributed by atoms with Crippen molar-refractivity contribution >= 4 is 10.0 Å². The molecule has 2 N–H and O–H groups in total. The summed E-state index contributed by atoms with van der Waals surface area (Å²) in [6.07, 6.45) is 5.01. The van der Waals surface area contributed by atoms with Gasteiger partial charge in [-0.05, 0) is 39.7 Å². The third-order valence-electron chi connectivity index (χ3n) is 3.46. The highest BCUT2D eigenvalue weighted by Crippen LogP contribution is 2.26. The summed E-state index contributed by atoms with van der Waals surface area (Å²) in [5, 5.41) is 0. The minimum atomic E-state index is -3.22. The van der Waals surface area contributed by atoms with Crippen LogP contribution < -0.4 is 5.73 Å². The quantitative estimate of drug-likeness (QED) is 0.696. The SMILES string of the molecule is CC(C)OCCS(=O)(=O)N(CCCN)C1CCCC1. The molecule has 0 aromatic carbocycles. The molecule has 1 saturated carbocycles. The second kappa shape index (κ2) is 8.19. The van der Waals surface area contributed by atoms with Crippen molar-refractivity contribution in [3.05, 3.63) is 0 Å². The Morgan fingerprint density at radius 2 is 1.95 bits per heavy atom. The molecule has 0 saturated heterocycles. The van der Waals surface area contributed by atoms with E-state index in [9.17, 15) is 8.42 Å². The molecule has 114 valence electrons. The lowest BCUT2D eigenvalue weighted by atomic mass is 10.2. The maximum absolute atomic E-state index is 12.4. The number of nitrogens with zero attached hydrogens (tertiary/aromatic N) is 1. The summed E-state index contributed by atoms with van der Waals surface area (Å²) < 4.78 is 31.9. The highest BCUT2D eigenvalue weighted by atomic mass is 32.2. The van der Waals surface area contributed by atoms with Gasteiger partial charge in [0.05, 0.1) is 18.5 Å². The number of nitrogens with two attached hydrogens (primary N) is 1. The van der Waals surface area contributed by atoms with Gasteiger partial charge in [-0.3, -0.25) is 0 Å². The zero-order valence-corrected chi connectivity index (χ0v) is 13.0. The van der Waals surface area contributed by atoms with Crippen molar-refractivity contribution in [1.82, 2.24) is 4.31 Å². The molecule has 0 heterocycles. The monoisotopic (exact) mass is 292 g/mol. The van der Waals surface area contributed by atoms with Crippen molar-refractivity contribution in [2.45, 2.75) is 58.1 Å². The van der Waals surface area contributed by atoms with Gasteiger partial charge in [0.25, 0.3) is 0 Å². The van der Waals surface area contributed by atoms with Crippen LogP contribution in [0.1, 0.15) is 46.0 Å². The van der Waals surface area contributed by atoms with Gasteiger partial charge in [0.2, 0.25) is 10.0 Å². The minimum absolute atomic E-state index is 0.0687. The first-order chi connectivity index (χ1) is 8.97. The molecular weight excluding hydrogens is 264 g/mol. The van der Waals surface area contributed by atoms with Crippen molar-refractivity contribution in [2.24, 2.45) is 5.73 Å². The summed E-state index contributed by atoms with van der Waals surface area (Å²) in [7, 11) is -3.22. The van der Waals surface area contributed by atoms with Gasteiger partial charge in [-0.15, -0.1) is 0 Å². The number of ether oxygens (including phenoxy) is 1. The van der Waals surface area contributed by atoms with E-state index in [0.717, 1.165) is 32.1 Å². The Morgan fingerprint density at radius 3 is 2.47 bits per heavy atom. The summed E-state index contributed by atoms with van der Waals surface area (Å²) in [6.45, 7) is 5.17. The molecule has 0 bridgehead atoms. The molecule has 1 aliphatic carbocycles. The second-order valence-electron chi connectivity index (χ2n) is 5.43. The molecule has 0 atom stereocenters. The smallest absolute Gasteiger partial charge is 0.216 e. The summed E-state index contributed by atoms with van der Waals surface area (Å²) in [6, 6.07) is 0.176. The maximum Gasteiger partial charge on any atom is 0.216 e. The van der Waals surface area contributed by atoms with Gasteiger partial charge in [-0.2, -0.15) is 4.31 Å². The van der Waals surface area contributed by atoms with Crippen LogP contribution in [-0.2, 0) is 14.8 Å². The maximum atomic E-state index is 12.4. The van der Waals surface area contributed by atoms with Gasteiger partial charge in [-0.1, -0.05) is 12.8 Å². The van der Waals surface area contributed by atoms with E-state index in [1.54, 1.807) is 4.31 Å². The lowest BCUT2D eigenvalue weighted by Crippen LogP contribution is -2.42. The highest BCUT2D eigenvalue weighted by Gasteiger charge is 2.31. The third-order valence-corrected chi connectivity index (χ3v) is 5.34. The number of hydrogen-bond donors (Lipinski definition) is 1. The Labute approximate surface area is 117 Å². The molecule has 1 aliphatic rings. The van der Waals surface area contributed by atoms with E-state index in [4.69, 9.17) is 10.5 Å². The van der Waals surface area contributed by atoms with Crippen LogP contribution >= 0.6 is 0 Å². The van der Waals surface area contributed by atoms with Crippen LogP contribution in [0, 0.1) is 0 Å². The van der Waals surface area contributed by atoms with Crippen LogP contribution in [0.5, 0.6) is 0 Å². The molecule has 1 fully saturated rings. The number of rotatable bonds is 9. The Morgan fingerprint density at radius 1 is 1.32 bits per heavy atom. The lowest BCUT2D eigenvalue weighted by molar-refractivity contribution is 0.0904. The van der Waals surface area contributed by atoms with Gasteiger partial charge >= 0.3 is 0 Å². The third kappa shape index (κ3) is 5.77. The molecule has 0 aromatic rings. The Kier molecular flexibility index (Phi) is 7.28. The summed E-state index contributed by atoms with van der Waals surface area (Å²) >= 11 is 0. The zero-order chi connectivity index (χ0) is 14.3. The van der Waals surface area contributed by atoms with Crippen LogP contribution in [-0.4, -0.2) is 50.3 Å². The fourth-order valence-electron chi connectivity index (χ4n) is 2.49.